The zero-order valence-electron chi connectivity index (χ0n) is 8.93. The van der Waals surface area contributed by atoms with E-state index in [0.717, 1.165) is 18.4 Å². The summed E-state index contributed by atoms with van der Waals surface area (Å²) in [6.07, 6.45) is 1.88. The molecule has 2 rings (SSSR count). The maximum absolute atomic E-state index is 6.11. The van der Waals surface area contributed by atoms with E-state index in [1.807, 2.05) is 6.07 Å². The highest BCUT2D eigenvalue weighted by Crippen LogP contribution is 2.39. The van der Waals surface area contributed by atoms with Crippen molar-refractivity contribution in [3.8, 4) is 5.75 Å². The molecule has 0 fully saturated rings. The van der Waals surface area contributed by atoms with Gasteiger partial charge < -0.3 is 9.57 Å². The monoisotopic (exact) mass is 261 g/mol. The number of hydrogen-bond donors (Lipinski definition) is 1. The van der Waals surface area contributed by atoms with Crippen LogP contribution in [0.5, 0.6) is 5.75 Å². The van der Waals surface area contributed by atoms with Gasteiger partial charge >= 0.3 is 0 Å². The number of hydroxylamine groups is 1. The van der Waals surface area contributed by atoms with Crippen molar-refractivity contribution in [2.45, 2.75) is 18.9 Å². The first kappa shape index (κ1) is 12.0. The number of rotatable bonds is 2. The molecule has 1 unspecified atom stereocenters. The molecule has 0 radical (unpaired) electrons. The van der Waals surface area contributed by atoms with Crippen molar-refractivity contribution in [1.82, 2.24) is 5.48 Å². The van der Waals surface area contributed by atoms with Gasteiger partial charge in [-0.2, -0.15) is 5.48 Å². The standard InChI is InChI=1S/C11H13Cl2NO2/c1-15-14-10-3-2-4-16-11-8(10)5-7(12)6-9(11)13/h5-6,10,14H,2-4H2,1H3. The lowest BCUT2D eigenvalue weighted by atomic mass is 10.0. The fraction of sp³-hybridized carbons (Fsp3) is 0.455. The van der Waals surface area contributed by atoms with E-state index in [1.165, 1.54) is 0 Å². The van der Waals surface area contributed by atoms with Crippen LogP contribution in [0.3, 0.4) is 0 Å². The second kappa shape index (κ2) is 5.23. The molecule has 0 aliphatic carbocycles. The first-order valence-electron chi connectivity index (χ1n) is 5.12. The molecular formula is C11H13Cl2NO2. The minimum absolute atomic E-state index is 0.0682. The highest BCUT2D eigenvalue weighted by atomic mass is 35.5. The van der Waals surface area contributed by atoms with Crippen LogP contribution in [0.4, 0.5) is 0 Å². The molecule has 1 heterocycles. The number of nitrogens with one attached hydrogen (secondary N) is 1. The SMILES string of the molecule is CONC1CCCOc2c(Cl)cc(Cl)cc21. The molecule has 16 heavy (non-hydrogen) atoms. The molecule has 1 aliphatic rings. The number of ether oxygens (including phenoxy) is 1. The lowest BCUT2D eigenvalue weighted by molar-refractivity contribution is 0.0580. The predicted molar refractivity (Wildman–Crippen MR) is 64.1 cm³/mol. The molecule has 1 N–H and O–H groups in total. The summed E-state index contributed by atoms with van der Waals surface area (Å²) in [6.45, 7) is 0.663. The Kier molecular flexibility index (Phi) is 3.92. The van der Waals surface area contributed by atoms with Gasteiger partial charge in [-0.25, -0.2) is 0 Å². The van der Waals surface area contributed by atoms with Gasteiger partial charge in [0, 0.05) is 10.6 Å². The molecule has 3 nitrogen and oxygen atoms in total. The molecule has 88 valence electrons. The third-order valence-electron chi connectivity index (χ3n) is 2.56. The highest BCUT2D eigenvalue weighted by Gasteiger charge is 2.22. The van der Waals surface area contributed by atoms with E-state index in [1.54, 1.807) is 13.2 Å². The van der Waals surface area contributed by atoms with Crippen molar-refractivity contribution < 1.29 is 9.57 Å². The zero-order chi connectivity index (χ0) is 11.5. The van der Waals surface area contributed by atoms with Gasteiger partial charge in [0.25, 0.3) is 0 Å². The van der Waals surface area contributed by atoms with E-state index in [-0.39, 0.29) is 6.04 Å². The van der Waals surface area contributed by atoms with E-state index in [2.05, 4.69) is 5.48 Å². The van der Waals surface area contributed by atoms with Gasteiger partial charge in [-0.05, 0) is 25.0 Å². The molecule has 5 heteroatoms. The third-order valence-corrected chi connectivity index (χ3v) is 3.06. The van der Waals surface area contributed by atoms with E-state index >= 15 is 0 Å². The predicted octanol–water partition coefficient (Wildman–Crippen LogP) is 3.36. The van der Waals surface area contributed by atoms with Gasteiger partial charge in [-0.15, -0.1) is 0 Å². The first-order chi connectivity index (χ1) is 7.72. The van der Waals surface area contributed by atoms with Gasteiger partial charge in [-0.1, -0.05) is 23.2 Å². The lowest BCUT2D eigenvalue weighted by Gasteiger charge is -2.17. The van der Waals surface area contributed by atoms with Crippen LogP contribution >= 0.6 is 23.2 Å². The summed E-state index contributed by atoms with van der Waals surface area (Å²) in [7, 11) is 1.59. The number of fused-ring (bicyclic) bond motifs is 1. The molecular weight excluding hydrogens is 249 g/mol. The maximum Gasteiger partial charge on any atom is 0.142 e. The number of hydrogen-bond acceptors (Lipinski definition) is 3. The van der Waals surface area contributed by atoms with E-state index < -0.39 is 0 Å². The van der Waals surface area contributed by atoms with Crippen molar-refractivity contribution in [2.24, 2.45) is 0 Å². The summed E-state index contributed by atoms with van der Waals surface area (Å²) in [6, 6.07) is 3.63. The molecule has 0 spiro atoms. The fourth-order valence-electron chi connectivity index (χ4n) is 1.87. The van der Waals surface area contributed by atoms with Crippen LogP contribution in [-0.2, 0) is 4.84 Å². The Hall–Kier alpha value is -0.480. The van der Waals surface area contributed by atoms with Crippen LogP contribution in [0.2, 0.25) is 10.0 Å². The molecule has 1 aromatic carbocycles. The summed E-state index contributed by atoms with van der Waals surface area (Å²) in [5.41, 5.74) is 3.89. The molecule has 0 aromatic heterocycles. The summed E-state index contributed by atoms with van der Waals surface area (Å²) < 4.78 is 5.62. The van der Waals surface area contributed by atoms with Gasteiger partial charge in [0.2, 0.25) is 0 Å². The molecule has 1 atom stereocenters. The minimum Gasteiger partial charge on any atom is -0.492 e. The average molecular weight is 262 g/mol. The van der Waals surface area contributed by atoms with E-state index in [4.69, 9.17) is 32.8 Å². The van der Waals surface area contributed by atoms with Crippen LogP contribution in [0, 0.1) is 0 Å². The smallest absolute Gasteiger partial charge is 0.142 e. The van der Waals surface area contributed by atoms with E-state index in [9.17, 15) is 0 Å². The lowest BCUT2D eigenvalue weighted by Crippen LogP contribution is -2.19. The summed E-state index contributed by atoms with van der Waals surface area (Å²) in [5.74, 6) is 0.707. The highest BCUT2D eigenvalue weighted by molar-refractivity contribution is 6.35. The number of halogens is 2. The molecule has 1 aliphatic heterocycles. The third kappa shape index (κ3) is 2.43. The summed E-state index contributed by atoms with van der Waals surface area (Å²) in [5, 5.41) is 1.16. The second-order valence-electron chi connectivity index (χ2n) is 3.67. The first-order valence-corrected chi connectivity index (χ1v) is 5.88. The summed E-state index contributed by atoms with van der Waals surface area (Å²) >= 11 is 12.1. The normalized spacial score (nSPS) is 19.8. The van der Waals surface area contributed by atoms with Crippen LogP contribution in [0.1, 0.15) is 24.4 Å². The fourth-order valence-corrected chi connectivity index (χ4v) is 2.44. The Morgan fingerprint density at radius 1 is 1.44 bits per heavy atom. The topological polar surface area (TPSA) is 30.5 Å². The number of benzene rings is 1. The largest absolute Gasteiger partial charge is 0.492 e. The molecule has 1 aromatic rings. The molecule has 0 bridgehead atoms. The van der Waals surface area contributed by atoms with Crippen molar-refractivity contribution in [3.63, 3.8) is 0 Å². The van der Waals surface area contributed by atoms with Gasteiger partial charge in [0.05, 0.1) is 24.8 Å². The Labute approximate surface area is 105 Å². The van der Waals surface area contributed by atoms with Gasteiger partial charge in [0.1, 0.15) is 5.75 Å². The molecule has 0 saturated heterocycles. The second-order valence-corrected chi connectivity index (χ2v) is 4.51. The zero-order valence-corrected chi connectivity index (χ0v) is 10.4. The Morgan fingerprint density at radius 3 is 3.00 bits per heavy atom. The van der Waals surface area contributed by atoms with Crippen molar-refractivity contribution >= 4 is 23.2 Å². The van der Waals surface area contributed by atoms with Gasteiger partial charge in [-0.3, -0.25) is 0 Å². The Balaban J connectivity index is 2.43. The maximum atomic E-state index is 6.11. The Bertz CT molecular complexity index is 384. The van der Waals surface area contributed by atoms with Crippen LogP contribution < -0.4 is 10.2 Å². The van der Waals surface area contributed by atoms with Crippen LogP contribution in [0.15, 0.2) is 12.1 Å². The van der Waals surface area contributed by atoms with Gasteiger partial charge in [0.15, 0.2) is 0 Å². The Morgan fingerprint density at radius 2 is 2.25 bits per heavy atom. The van der Waals surface area contributed by atoms with Crippen molar-refractivity contribution in [3.05, 3.63) is 27.7 Å². The minimum atomic E-state index is 0.0682. The van der Waals surface area contributed by atoms with Crippen molar-refractivity contribution in [2.75, 3.05) is 13.7 Å². The van der Waals surface area contributed by atoms with E-state index in [0.29, 0.717) is 22.4 Å². The molecule has 0 saturated carbocycles. The van der Waals surface area contributed by atoms with Crippen molar-refractivity contribution in [1.29, 1.82) is 0 Å². The average Bonchev–Trinajstić information content (AvgIpc) is 2.42. The molecule has 0 amide bonds. The quantitative estimate of drug-likeness (QED) is 0.829. The van der Waals surface area contributed by atoms with Crippen LogP contribution in [-0.4, -0.2) is 13.7 Å². The summed E-state index contributed by atoms with van der Waals surface area (Å²) in [4.78, 5) is 4.98. The van der Waals surface area contributed by atoms with Crippen LogP contribution in [0.25, 0.3) is 0 Å².